The number of H-pyrrole nitrogens is 1. The van der Waals surface area contributed by atoms with Crippen molar-refractivity contribution in [2.75, 3.05) is 13.2 Å². The van der Waals surface area contributed by atoms with Crippen molar-refractivity contribution in [3.05, 3.63) is 40.9 Å². The lowest BCUT2D eigenvalue weighted by Gasteiger charge is -2.24. The van der Waals surface area contributed by atoms with Crippen LogP contribution in [0.4, 0.5) is 0 Å². The van der Waals surface area contributed by atoms with E-state index in [1.807, 2.05) is 0 Å². The molecule has 0 radical (unpaired) electrons. The van der Waals surface area contributed by atoms with Gasteiger partial charge >= 0.3 is 13.5 Å². The number of nitrogens with zero attached hydrogens (tertiary/aromatic N) is 7. The number of imidazole rings is 2. The minimum atomic E-state index is -4.19. The zero-order valence-electron chi connectivity index (χ0n) is 20.5. The number of aromatic nitrogens is 8. The molecule has 21 heteroatoms. The number of aromatic amines is 1. The first-order chi connectivity index (χ1) is 19.0. The summed E-state index contributed by atoms with van der Waals surface area (Å²) in [5, 5.41) is 11.1. The minimum Gasteiger partial charge on any atom is -0.387 e. The molecule has 0 aliphatic carbocycles. The number of aryl methyl sites for hydroxylation is 1. The fraction of sp³-hybridized carbons (Fsp3) is 0.474. The summed E-state index contributed by atoms with van der Waals surface area (Å²) in [7, 11) is 0. The first kappa shape index (κ1) is 28.0. The number of nitrogens with one attached hydrogen (secondary N) is 1. The number of rotatable bonds is 1. The number of ether oxygens (including phenoxy) is 1. The number of fused-ring (bicyclic) bond motifs is 6. The van der Waals surface area contributed by atoms with Crippen molar-refractivity contribution in [3.8, 4) is 0 Å². The van der Waals surface area contributed by atoms with E-state index in [0.29, 0.717) is 17.0 Å². The zero-order valence-corrected chi connectivity index (χ0v) is 24.0. The molecule has 3 N–H and O–H groups in total. The van der Waals surface area contributed by atoms with Crippen LogP contribution in [0.3, 0.4) is 0 Å². The average molecular weight is 633 g/mol. The van der Waals surface area contributed by atoms with Crippen molar-refractivity contribution in [1.82, 2.24) is 39.0 Å². The van der Waals surface area contributed by atoms with E-state index < -0.39 is 50.2 Å². The lowest BCUT2D eigenvalue weighted by atomic mass is 10.1. The third-order valence-electron chi connectivity index (χ3n) is 6.21. The van der Waals surface area contributed by atoms with Gasteiger partial charge in [0.25, 0.3) is 5.56 Å². The van der Waals surface area contributed by atoms with Crippen LogP contribution >= 0.6 is 25.8 Å². The predicted octanol–water partition coefficient (Wildman–Crippen LogP) is 0.730. The molecule has 214 valence electrons. The van der Waals surface area contributed by atoms with Crippen LogP contribution in [0.5, 0.6) is 0 Å². The molecule has 2 aliphatic heterocycles. The summed E-state index contributed by atoms with van der Waals surface area (Å²) in [5.74, 6) is 0.592. The molecule has 1 fully saturated rings. The molecule has 40 heavy (non-hydrogen) atoms. The van der Waals surface area contributed by atoms with Crippen LogP contribution in [-0.4, -0.2) is 80.6 Å². The third kappa shape index (κ3) is 5.39. The van der Waals surface area contributed by atoms with E-state index in [-0.39, 0.29) is 36.7 Å². The van der Waals surface area contributed by atoms with Gasteiger partial charge in [-0.25, -0.2) is 29.5 Å². The molecule has 1 saturated heterocycles. The Labute approximate surface area is 234 Å². The number of hydrogen-bond acceptors (Lipinski definition) is 14. The molecule has 0 spiro atoms. The van der Waals surface area contributed by atoms with Gasteiger partial charge in [-0.15, -0.1) is 0 Å². The van der Waals surface area contributed by atoms with Gasteiger partial charge in [0, 0.05) is 6.54 Å². The molecule has 17 nitrogen and oxygen atoms in total. The Bertz CT molecular complexity index is 1750. The lowest BCUT2D eigenvalue weighted by molar-refractivity contribution is -0.0476. The minimum absolute atomic E-state index is 0.0100. The summed E-state index contributed by atoms with van der Waals surface area (Å²) in [6.07, 6.45) is -1.10. The lowest BCUT2D eigenvalue weighted by Crippen LogP contribution is -2.35. The van der Waals surface area contributed by atoms with Crippen LogP contribution < -0.4 is 5.56 Å². The second kappa shape index (κ2) is 10.6. The molecular weight excluding hydrogens is 610 g/mol. The van der Waals surface area contributed by atoms with E-state index in [2.05, 4.69) is 42.2 Å². The van der Waals surface area contributed by atoms with Crippen LogP contribution in [0.25, 0.3) is 22.3 Å². The number of aliphatic hydroxyl groups excluding tert-OH is 1. The highest BCUT2D eigenvalue weighted by Gasteiger charge is 2.49. The average Bonchev–Trinajstić information content (AvgIpc) is 3.55. The second-order valence-electron chi connectivity index (χ2n) is 8.85. The highest BCUT2D eigenvalue weighted by atomic mass is 32.7. The topological polar surface area (TPSA) is 211 Å². The Kier molecular flexibility index (Phi) is 7.42. The first-order valence-corrected chi connectivity index (χ1v) is 17.0. The maximum absolute atomic E-state index is 13.4. The Hall–Kier alpha value is -2.15. The fourth-order valence-corrected chi connectivity index (χ4v) is 6.96. The summed E-state index contributed by atoms with van der Waals surface area (Å²) in [6.45, 7) is -7.09. The van der Waals surface area contributed by atoms with Crippen LogP contribution in [0.15, 0.2) is 23.6 Å². The maximum Gasteiger partial charge on any atom is 0.387 e. The van der Waals surface area contributed by atoms with Gasteiger partial charge in [0.2, 0.25) is 0 Å². The van der Waals surface area contributed by atoms with Crippen LogP contribution in [0, 0.1) is 6.92 Å². The molecule has 6 atom stereocenters. The summed E-state index contributed by atoms with van der Waals surface area (Å²) in [5.41, 5.74) is 0.528. The Morgan fingerprint density at radius 3 is 2.88 bits per heavy atom. The van der Waals surface area contributed by atoms with E-state index in [4.69, 9.17) is 34.6 Å². The Balaban J connectivity index is 1.38. The second-order valence-corrected chi connectivity index (χ2v) is 14.6. The molecule has 2 unspecified atom stereocenters. The van der Waals surface area contributed by atoms with Gasteiger partial charge in [-0.3, -0.25) is 18.4 Å². The van der Waals surface area contributed by atoms with Crippen LogP contribution in [-0.2, 0) is 52.4 Å². The number of aliphatic hydroxyl groups is 1. The predicted molar refractivity (Wildman–Crippen MR) is 143 cm³/mol. The molecule has 6 heterocycles. The molecule has 0 saturated carbocycles. The van der Waals surface area contributed by atoms with Crippen LogP contribution in [0.1, 0.15) is 17.9 Å². The normalized spacial score (nSPS) is 32.1. The van der Waals surface area contributed by atoms with E-state index in [9.17, 15) is 19.4 Å². The highest BCUT2D eigenvalue weighted by Crippen LogP contribution is 2.57. The summed E-state index contributed by atoms with van der Waals surface area (Å²) in [6, 6.07) is 0. The van der Waals surface area contributed by atoms with Gasteiger partial charge < -0.3 is 33.3 Å². The SMILES string of the molecule is Cc1nc2c(ncn2[C@@H]2O[C@@H]3COP(O)(=S)OCCn4c(nc5cncnc54)COP(=O)(S)O[C@@H]2[C@@H]3O)c(=O)[nH]1. The molecule has 6 rings (SSSR count). The third-order valence-corrected chi connectivity index (χ3v) is 9.42. The smallest absolute Gasteiger partial charge is 0.387 e. The van der Waals surface area contributed by atoms with Crippen molar-refractivity contribution < 1.29 is 37.4 Å². The summed E-state index contributed by atoms with van der Waals surface area (Å²) >= 11 is 9.26. The highest BCUT2D eigenvalue weighted by molar-refractivity contribution is 8.44. The summed E-state index contributed by atoms with van der Waals surface area (Å²) < 4.78 is 44.6. The monoisotopic (exact) mass is 632 g/mol. The fourth-order valence-electron chi connectivity index (χ4n) is 4.46. The number of thiol groups is 1. The molecule has 2 bridgehead atoms. The first-order valence-electron chi connectivity index (χ1n) is 11.7. The zero-order chi connectivity index (χ0) is 28.2. The molecule has 4 aromatic rings. The quantitative estimate of drug-likeness (QED) is 0.168. The molecule has 0 amide bonds. The Morgan fingerprint density at radius 2 is 2.05 bits per heavy atom. The van der Waals surface area contributed by atoms with Crippen LogP contribution in [0.2, 0.25) is 0 Å². The van der Waals surface area contributed by atoms with E-state index in [1.165, 1.54) is 23.4 Å². The van der Waals surface area contributed by atoms with E-state index >= 15 is 0 Å². The van der Waals surface area contributed by atoms with E-state index in [0.717, 1.165) is 0 Å². The van der Waals surface area contributed by atoms with E-state index in [1.54, 1.807) is 11.5 Å². The standard InChI is InChI=1S/C19H22N8O9P2S2/c1-9-23-17-13(18(29)24-9)22-8-27(17)19-15-14(28)11(35-19)5-33-37(30,39)32-3-2-26-12(6-34-38(31,40)36-15)25-10-4-20-7-21-16(10)26/h4,7-8,11,14-15,19,28H,2-3,5-6H2,1H3,(H,30,39)(H,31,40)(H,23,24,29)/t11-,14-,15-,19-,37?,38?/m1/s1. The molecule has 0 aromatic carbocycles. The molecule has 4 aromatic heterocycles. The summed E-state index contributed by atoms with van der Waals surface area (Å²) in [4.78, 5) is 46.6. The number of hydrogen-bond donors (Lipinski definition) is 4. The Morgan fingerprint density at radius 1 is 1.23 bits per heavy atom. The molecular formula is C19H22N8O9P2S2. The van der Waals surface area contributed by atoms with Gasteiger partial charge in [-0.2, -0.15) is 0 Å². The maximum atomic E-state index is 13.4. The molecule has 2 aliphatic rings. The van der Waals surface area contributed by atoms with Gasteiger partial charge in [-0.05, 0) is 18.7 Å². The van der Waals surface area contributed by atoms with Crippen molar-refractivity contribution >= 4 is 59.9 Å². The van der Waals surface area contributed by atoms with Crippen molar-refractivity contribution in [3.63, 3.8) is 0 Å². The van der Waals surface area contributed by atoms with Crippen molar-refractivity contribution in [1.29, 1.82) is 0 Å². The van der Waals surface area contributed by atoms with Gasteiger partial charge in [0.15, 0.2) is 23.0 Å². The van der Waals surface area contributed by atoms with Crippen molar-refractivity contribution in [2.24, 2.45) is 0 Å². The van der Waals surface area contributed by atoms with Crippen molar-refractivity contribution in [2.45, 2.75) is 44.6 Å². The van der Waals surface area contributed by atoms with Gasteiger partial charge in [0.1, 0.15) is 48.4 Å². The van der Waals surface area contributed by atoms with Gasteiger partial charge in [-0.1, -0.05) is 12.2 Å². The largest absolute Gasteiger partial charge is 0.387 e. The van der Waals surface area contributed by atoms with Gasteiger partial charge in [0.05, 0.1) is 25.7 Å².